The maximum Gasteiger partial charge on any atom is 0.258 e. The van der Waals surface area contributed by atoms with Gasteiger partial charge in [0.1, 0.15) is 5.65 Å². The summed E-state index contributed by atoms with van der Waals surface area (Å²) in [6.07, 6.45) is 9.19. The summed E-state index contributed by atoms with van der Waals surface area (Å²) in [5, 5.41) is 4.33. The highest BCUT2D eigenvalue weighted by Crippen LogP contribution is 2.20. The third-order valence-corrected chi connectivity index (χ3v) is 4.70. The molecule has 0 radical (unpaired) electrons. The lowest BCUT2D eigenvalue weighted by molar-refractivity contribution is 0.120. The second kappa shape index (κ2) is 6.57. The molecule has 24 heavy (non-hydrogen) atoms. The van der Waals surface area contributed by atoms with E-state index in [1.807, 2.05) is 41.3 Å². The first kappa shape index (κ1) is 15.1. The Bertz CT molecular complexity index is 871. The van der Waals surface area contributed by atoms with E-state index in [0.29, 0.717) is 18.2 Å². The van der Waals surface area contributed by atoms with Crippen LogP contribution >= 0.6 is 0 Å². The first-order valence-corrected chi connectivity index (χ1v) is 8.48. The summed E-state index contributed by atoms with van der Waals surface area (Å²) in [4.78, 5) is 19.4. The fourth-order valence-electron chi connectivity index (χ4n) is 3.49. The quantitative estimate of drug-likeness (QED) is 0.736. The second-order valence-electron chi connectivity index (χ2n) is 6.36. The van der Waals surface area contributed by atoms with Crippen LogP contribution in [0.15, 0.2) is 53.7 Å². The highest BCUT2D eigenvalue weighted by molar-refractivity contribution is 5.37. The molecule has 0 saturated carbocycles. The van der Waals surface area contributed by atoms with Gasteiger partial charge in [-0.25, -0.2) is 4.98 Å². The molecule has 1 saturated heterocycles. The van der Waals surface area contributed by atoms with E-state index in [9.17, 15) is 4.79 Å². The zero-order chi connectivity index (χ0) is 16.4. The SMILES string of the molecule is O=c1cc(CN2CCCC[C@H]2Cn2cccn2)nc2ccccn12. The van der Waals surface area contributed by atoms with Crippen molar-refractivity contribution in [3.63, 3.8) is 0 Å². The normalized spacial score (nSPS) is 18.9. The molecule has 124 valence electrons. The molecule has 3 aromatic rings. The summed E-state index contributed by atoms with van der Waals surface area (Å²) in [7, 11) is 0. The van der Waals surface area contributed by atoms with E-state index in [-0.39, 0.29) is 5.56 Å². The topological polar surface area (TPSA) is 55.4 Å². The molecule has 0 aromatic carbocycles. The van der Waals surface area contributed by atoms with Crippen molar-refractivity contribution in [2.24, 2.45) is 0 Å². The highest BCUT2D eigenvalue weighted by atomic mass is 16.1. The molecule has 1 atom stereocenters. The third kappa shape index (κ3) is 3.10. The number of aromatic nitrogens is 4. The van der Waals surface area contributed by atoms with Crippen LogP contribution in [0.3, 0.4) is 0 Å². The molecule has 1 aliphatic rings. The van der Waals surface area contributed by atoms with Gasteiger partial charge in [0.05, 0.1) is 12.2 Å². The van der Waals surface area contributed by atoms with Crippen molar-refractivity contribution >= 4 is 5.65 Å². The molecular formula is C18H21N5O. The first-order chi connectivity index (χ1) is 11.8. The van der Waals surface area contributed by atoms with Gasteiger partial charge in [0, 0.05) is 37.2 Å². The van der Waals surface area contributed by atoms with Crippen LogP contribution in [0.25, 0.3) is 5.65 Å². The lowest BCUT2D eigenvalue weighted by Crippen LogP contribution is -2.42. The van der Waals surface area contributed by atoms with Crippen LogP contribution in [0, 0.1) is 0 Å². The molecule has 0 N–H and O–H groups in total. The summed E-state index contributed by atoms with van der Waals surface area (Å²) in [5.74, 6) is 0. The minimum absolute atomic E-state index is 0.0174. The molecule has 0 aliphatic carbocycles. The molecule has 0 bridgehead atoms. The number of pyridine rings is 1. The average Bonchev–Trinajstić information content (AvgIpc) is 3.10. The summed E-state index contributed by atoms with van der Waals surface area (Å²) in [5.41, 5.74) is 1.54. The van der Waals surface area contributed by atoms with Crippen LogP contribution in [0.4, 0.5) is 0 Å². The van der Waals surface area contributed by atoms with Gasteiger partial charge in [-0.3, -0.25) is 18.8 Å². The standard InChI is InChI=1S/C18H21N5O/c24-18-12-15(20-17-7-2-4-11-23(17)18)13-21-9-3-1-6-16(21)14-22-10-5-8-19-22/h2,4-5,7-8,10-12,16H,1,3,6,9,13-14H2/t16-/m0/s1. The van der Waals surface area contributed by atoms with Crippen LogP contribution in [-0.4, -0.2) is 36.7 Å². The Morgan fingerprint density at radius 2 is 2.12 bits per heavy atom. The Morgan fingerprint density at radius 3 is 3.00 bits per heavy atom. The van der Waals surface area contributed by atoms with Gasteiger partial charge in [-0.05, 0) is 37.6 Å². The predicted octanol–water partition coefficient (Wildman–Crippen LogP) is 1.95. The van der Waals surface area contributed by atoms with Crippen molar-refractivity contribution < 1.29 is 0 Å². The largest absolute Gasteiger partial charge is 0.293 e. The molecule has 4 heterocycles. The lowest BCUT2D eigenvalue weighted by atomic mass is 10.0. The van der Waals surface area contributed by atoms with Gasteiger partial charge in [0.25, 0.3) is 5.56 Å². The zero-order valence-electron chi connectivity index (χ0n) is 13.6. The average molecular weight is 323 g/mol. The molecule has 1 aliphatic heterocycles. The maximum atomic E-state index is 12.3. The number of hydrogen-bond acceptors (Lipinski definition) is 4. The van der Waals surface area contributed by atoms with Gasteiger partial charge in [0.2, 0.25) is 0 Å². The van der Waals surface area contributed by atoms with Crippen molar-refractivity contribution in [2.45, 2.75) is 38.4 Å². The minimum Gasteiger partial charge on any atom is -0.293 e. The summed E-state index contributed by atoms with van der Waals surface area (Å²) in [6.45, 7) is 2.65. The van der Waals surface area contributed by atoms with E-state index >= 15 is 0 Å². The smallest absolute Gasteiger partial charge is 0.258 e. The molecular weight excluding hydrogens is 302 g/mol. The monoisotopic (exact) mass is 323 g/mol. The van der Waals surface area contributed by atoms with Crippen LogP contribution < -0.4 is 5.56 Å². The molecule has 6 heteroatoms. The van der Waals surface area contributed by atoms with E-state index < -0.39 is 0 Å². The zero-order valence-corrected chi connectivity index (χ0v) is 13.6. The third-order valence-electron chi connectivity index (χ3n) is 4.70. The number of likely N-dealkylation sites (tertiary alicyclic amines) is 1. The number of fused-ring (bicyclic) bond motifs is 1. The number of rotatable bonds is 4. The molecule has 6 nitrogen and oxygen atoms in total. The van der Waals surface area contributed by atoms with Crippen molar-refractivity contribution in [3.05, 3.63) is 65.0 Å². The van der Waals surface area contributed by atoms with Crippen molar-refractivity contribution in [2.75, 3.05) is 6.54 Å². The Labute approximate surface area is 140 Å². The van der Waals surface area contributed by atoms with Crippen LogP contribution in [0.1, 0.15) is 25.0 Å². The molecule has 0 spiro atoms. The van der Waals surface area contributed by atoms with Gasteiger partial charge in [-0.15, -0.1) is 0 Å². The van der Waals surface area contributed by atoms with E-state index in [0.717, 1.165) is 25.2 Å². The van der Waals surface area contributed by atoms with E-state index in [1.54, 1.807) is 16.7 Å². The van der Waals surface area contributed by atoms with Crippen LogP contribution in [0.5, 0.6) is 0 Å². The molecule has 0 unspecified atom stereocenters. The van der Waals surface area contributed by atoms with Crippen LogP contribution in [-0.2, 0) is 13.1 Å². The van der Waals surface area contributed by atoms with Gasteiger partial charge < -0.3 is 0 Å². The minimum atomic E-state index is -0.0174. The number of hydrogen-bond donors (Lipinski definition) is 0. The molecule has 0 amide bonds. The van der Waals surface area contributed by atoms with Crippen molar-refractivity contribution in [1.82, 2.24) is 24.1 Å². The van der Waals surface area contributed by atoms with Gasteiger partial charge in [-0.1, -0.05) is 12.5 Å². The van der Waals surface area contributed by atoms with Crippen molar-refractivity contribution in [3.8, 4) is 0 Å². The lowest BCUT2D eigenvalue weighted by Gasteiger charge is -2.35. The van der Waals surface area contributed by atoms with Gasteiger partial charge in [0.15, 0.2) is 0 Å². The fourth-order valence-corrected chi connectivity index (χ4v) is 3.49. The van der Waals surface area contributed by atoms with Gasteiger partial charge >= 0.3 is 0 Å². The molecule has 1 fully saturated rings. The Balaban J connectivity index is 1.57. The molecule has 3 aromatic heterocycles. The maximum absolute atomic E-state index is 12.3. The van der Waals surface area contributed by atoms with E-state index in [1.165, 1.54) is 12.8 Å². The van der Waals surface area contributed by atoms with Gasteiger partial charge in [-0.2, -0.15) is 5.10 Å². The Hall–Kier alpha value is -2.47. The van der Waals surface area contributed by atoms with E-state index in [4.69, 9.17) is 0 Å². The number of nitrogens with zero attached hydrogens (tertiary/aromatic N) is 5. The summed E-state index contributed by atoms with van der Waals surface area (Å²) in [6, 6.07) is 9.69. The number of piperidine rings is 1. The fraction of sp³-hybridized carbons (Fsp3) is 0.389. The highest BCUT2D eigenvalue weighted by Gasteiger charge is 2.23. The van der Waals surface area contributed by atoms with Crippen molar-refractivity contribution in [1.29, 1.82) is 0 Å². The van der Waals surface area contributed by atoms with E-state index in [2.05, 4.69) is 15.0 Å². The Kier molecular flexibility index (Phi) is 4.13. The predicted molar refractivity (Wildman–Crippen MR) is 91.7 cm³/mol. The second-order valence-corrected chi connectivity index (χ2v) is 6.36. The Morgan fingerprint density at radius 1 is 1.17 bits per heavy atom. The summed E-state index contributed by atoms with van der Waals surface area (Å²) < 4.78 is 3.58. The summed E-state index contributed by atoms with van der Waals surface area (Å²) >= 11 is 0. The molecule has 4 rings (SSSR count). The van der Waals surface area contributed by atoms with Crippen LogP contribution in [0.2, 0.25) is 0 Å². The first-order valence-electron chi connectivity index (χ1n) is 8.48.